The van der Waals surface area contributed by atoms with Crippen LogP contribution in [0.2, 0.25) is 0 Å². The lowest BCUT2D eigenvalue weighted by molar-refractivity contribution is -0.301. The molecule has 1 aliphatic heterocycles. The Balaban J connectivity index is 2.51. The van der Waals surface area contributed by atoms with Crippen LogP contribution in [0.5, 0.6) is 0 Å². The molecular formula is C48H78O12S. The minimum atomic E-state index is -5.08. The molecule has 1 saturated heterocycles. The van der Waals surface area contributed by atoms with E-state index in [4.69, 9.17) is 23.5 Å². The Labute approximate surface area is 367 Å². The summed E-state index contributed by atoms with van der Waals surface area (Å²) < 4.78 is 58.9. The van der Waals surface area contributed by atoms with Gasteiger partial charge >= 0.3 is 16.4 Å². The number of aliphatic hydroxyl groups is 3. The van der Waals surface area contributed by atoms with Crippen LogP contribution in [0.15, 0.2) is 97.2 Å². The van der Waals surface area contributed by atoms with E-state index in [1.165, 1.54) is 25.7 Å². The Morgan fingerprint density at radius 3 is 1.66 bits per heavy atom. The van der Waals surface area contributed by atoms with Crippen LogP contribution in [0, 0.1) is 0 Å². The predicted octanol–water partition coefficient (Wildman–Crippen LogP) is 9.46. The van der Waals surface area contributed by atoms with Crippen LogP contribution in [0.3, 0.4) is 0 Å². The zero-order chi connectivity index (χ0) is 44.7. The number of aliphatic hydroxyl groups excluding tert-OH is 3. The van der Waals surface area contributed by atoms with E-state index in [9.17, 15) is 28.5 Å². The van der Waals surface area contributed by atoms with Gasteiger partial charge in [-0.05, 0) is 77.0 Å². The summed E-state index contributed by atoms with van der Waals surface area (Å²) >= 11 is 0. The molecule has 6 atom stereocenters. The van der Waals surface area contributed by atoms with Crippen LogP contribution in [-0.2, 0) is 38.3 Å². The van der Waals surface area contributed by atoms with E-state index in [0.717, 1.165) is 83.5 Å². The molecule has 0 aromatic rings. The molecule has 12 nitrogen and oxygen atoms in total. The molecule has 0 saturated carbocycles. The van der Waals surface area contributed by atoms with Crippen molar-refractivity contribution in [2.45, 2.75) is 173 Å². The van der Waals surface area contributed by atoms with Crippen molar-refractivity contribution >= 4 is 16.4 Å². The van der Waals surface area contributed by atoms with E-state index in [1.54, 1.807) is 0 Å². The third-order valence-corrected chi connectivity index (χ3v) is 9.92. The number of carbonyl (C=O) groups is 1. The minimum absolute atomic E-state index is 0.00834. The molecule has 0 aliphatic carbocycles. The molecule has 0 aromatic carbocycles. The number of allylic oxidation sites excluding steroid dienone is 16. The Bertz CT molecular complexity index is 1430. The van der Waals surface area contributed by atoms with Crippen LogP contribution in [0.4, 0.5) is 0 Å². The Morgan fingerprint density at radius 2 is 1.13 bits per heavy atom. The van der Waals surface area contributed by atoms with E-state index in [0.29, 0.717) is 13.0 Å². The van der Waals surface area contributed by atoms with Crippen LogP contribution in [0.25, 0.3) is 0 Å². The summed E-state index contributed by atoms with van der Waals surface area (Å²) in [6.45, 7) is 3.69. The Hall–Kier alpha value is -2.98. The molecule has 348 valence electrons. The molecule has 0 spiro atoms. The van der Waals surface area contributed by atoms with Gasteiger partial charge in [0, 0.05) is 13.0 Å². The van der Waals surface area contributed by atoms with Gasteiger partial charge in [0.05, 0.1) is 19.8 Å². The number of rotatable bonds is 37. The first kappa shape index (κ1) is 56.0. The van der Waals surface area contributed by atoms with E-state index in [1.807, 2.05) is 12.2 Å². The van der Waals surface area contributed by atoms with Gasteiger partial charge in [-0.25, -0.2) is 4.18 Å². The van der Waals surface area contributed by atoms with Crippen molar-refractivity contribution in [1.29, 1.82) is 0 Å². The molecular weight excluding hydrogens is 801 g/mol. The van der Waals surface area contributed by atoms with Gasteiger partial charge in [0.25, 0.3) is 0 Å². The summed E-state index contributed by atoms with van der Waals surface area (Å²) in [4.78, 5) is 12.8. The number of unbranched alkanes of at least 4 members (excludes halogenated alkanes) is 8. The maximum absolute atomic E-state index is 12.8. The van der Waals surface area contributed by atoms with Crippen molar-refractivity contribution in [3.05, 3.63) is 97.2 Å². The molecule has 61 heavy (non-hydrogen) atoms. The molecule has 4 N–H and O–H groups in total. The summed E-state index contributed by atoms with van der Waals surface area (Å²) in [6.07, 6.45) is 43.1. The third kappa shape index (κ3) is 32.4. The lowest BCUT2D eigenvalue weighted by atomic mass is 9.99. The second kappa shape index (κ2) is 38.7. The van der Waals surface area contributed by atoms with Crippen LogP contribution in [-0.4, -0.2) is 97.5 Å². The minimum Gasteiger partial charge on any atom is -0.457 e. The Kier molecular flexibility index (Phi) is 35.5. The molecule has 0 bridgehead atoms. The number of hydrogen-bond donors (Lipinski definition) is 4. The first-order valence-corrected chi connectivity index (χ1v) is 23.9. The largest absolute Gasteiger partial charge is 0.457 e. The van der Waals surface area contributed by atoms with Gasteiger partial charge in [-0.2, -0.15) is 8.42 Å². The van der Waals surface area contributed by atoms with Gasteiger partial charge < -0.3 is 34.3 Å². The zero-order valence-corrected chi connectivity index (χ0v) is 37.7. The highest BCUT2D eigenvalue weighted by Crippen LogP contribution is 2.26. The fourth-order valence-electron chi connectivity index (χ4n) is 6.07. The molecule has 1 rings (SSSR count). The maximum atomic E-state index is 12.8. The van der Waals surface area contributed by atoms with Crippen LogP contribution < -0.4 is 0 Å². The van der Waals surface area contributed by atoms with Crippen LogP contribution in [0.1, 0.15) is 136 Å². The monoisotopic (exact) mass is 879 g/mol. The molecule has 0 amide bonds. The topological polar surface area (TPSA) is 178 Å². The molecule has 6 unspecified atom stereocenters. The first-order valence-electron chi connectivity index (χ1n) is 22.5. The van der Waals surface area contributed by atoms with E-state index < -0.39 is 59.8 Å². The number of ether oxygens (including phenoxy) is 4. The van der Waals surface area contributed by atoms with Gasteiger partial charge in [-0.3, -0.25) is 9.35 Å². The van der Waals surface area contributed by atoms with Crippen molar-refractivity contribution in [3.63, 3.8) is 0 Å². The summed E-state index contributed by atoms with van der Waals surface area (Å²) in [6, 6.07) is 0. The van der Waals surface area contributed by atoms with Crippen molar-refractivity contribution in [3.8, 4) is 0 Å². The van der Waals surface area contributed by atoms with Gasteiger partial charge in [0.15, 0.2) is 6.29 Å². The molecule has 0 radical (unpaired) electrons. The highest BCUT2D eigenvalue weighted by atomic mass is 32.3. The molecule has 1 heterocycles. The number of hydrogen-bond acceptors (Lipinski definition) is 11. The highest BCUT2D eigenvalue weighted by Gasteiger charge is 2.48. The van der Waals surface area contributed by atoms with Crippen LogP contribution >= 0.6 is 0 Å². The van der Waals surface area contributed by atoms with Crippen molar-refractivity contribution in [1.82, 2.24) is 0 Å². The van der Waals surface area contributed by atoms with Gasteiger partial charge in [-0.15, -0.1) is 0 Å². The number of esters is 1. The summed E-state index contributed by atoms with van der Waals surface area (Å²) in [5.41, 5.74) is 0. The van der Waals surface area contributed by atoms with Crippen molar-refractivity contribution in [2.75, 3.05) is 26.4 Å². The fourth-order valence-corrected chi connectivity index (χ4v) is 6.57. The average molecular weight is 879 g/mol. The van der Waals surface area contributed by atoms with E-state index >= 15 is 0 Å². The second-order valence-electron chi connectivity index (χ2n) is 14.9. The third-order valence-electron chi connectivity index (χ3n) is 9.45. The molecule has 1 aliphatic rings. The van der Waals surface area contributed by atoms with E-state index in [-0.39, 0.29) is 19.6 Å². The van der Waals surface area contributed by atoms with Gasteiger partial charge in [0.1, 0.15) is 30.5 Å². The zero-order valence-electron chi connectivity index (χ0n) is 36.9. The molecule has 1 fully saturated rings. The van der Waals surface area contributed by atoms with E-state index in [2.05, 4.69) is 103 Å². The SMILES string of the molecule is CC/C=C\C/C=C\C/C=C\C/C=C\C/C=C\C/C=C\CCC(=O)OC(COCCCCCCCC/C=C\C/C=C\CCCC)COC1OC(CO)C(O)C(OS(=O)(=O)O)C1O. The Morgan fingerprint density at radius 1 is 0.639 bits per heavy atom. The summed E-state index contributed by atoms with van der Waals surface area (Å²) in [5, 5.41) is 30.6. The maximum Gasteiger partial charge on any atom is 0.397 e. The standard InChI is InChI=1S/C48H78O12S/c1-3-5-7-9-11-13-15-17-19-20-21-22-23-25-27-29-31-33-35-37-44(50)58-42(41-57-48-46(52)47(60-61(53,54)55)45(51)43(39-49)59-48)40-56-38-36-34-32-30-28-26-24-18-16-14-12-10-8-6-4-2/h5,7,10-13,16-19,21-22,25,27,31,33,42-43,45-49,51-52H,3-4,6,8-9,14-15,20,23-24,26,28-30,32,34-41H2,1-2H3,(H,53,54,55)/b7-5-,12-10-,13-11-,18-16-,19-17-,22-21-,27-25-,33-31-. The van der Waals surface area contributed by atoms with Crippen molar-refractivity contribution < 1.29 is 56.2 Å². The molecule has 13 heteroatoms. The predicted molar refractivity (Wildman–Crippen MR) is 243 cm³/mol. The number of carbonyl (C=O) groups excluding carboxylic acids is 1. The summed E-state index contributed by atoms with van der Waals surface area (Å²) in [7, 11) is -5.08. The second-order valence-corrected chi connectivity index (χ2v) is 15.9. The molecule has 0 aromatic heterocycles. The normalized spacial score (nSPS) is 21.0. The highest BCUT2D eigenvalue weighted by molar-refractivity contribution is 7.80. The smallest absolute Gasteiger partial charge is 0.397 e. The lowest BCUT2D eigenvalue weighted by Crippen LogP contribution is -2.60. The first-order chi connectivity index (χ1) is 29.6. The van der Waals surface area contributed by atoms with Gasteiger partial charge in [0.2, 0.25) is 0 Å². The van der Waals surface area contributed by atoms with Crippen molar-refractivity contribution in [2.24, 2.45) is 0 Å². The lowest BCUT2D eigenvalue weighted by Gasteiger charge is -2.41. The average Bonchev–Trinajstić information content (AvgIpc) is 3.23. The fraction of sp³-hybridized carbons (Fsp3) is 0.646. The summed E-state index contributed by atoms with van der Waals surface area (Å²) in [5.74, 6) is -0.489. The quantitative estimate of drug-likeness (QED) is 0.0201. The van der Waals surface area contributed by atoms with Gasteiger partial charge in [-0.1, -0.05) is 150 Å².